The minimum Gasteiger partial charge on any atom is -0.481 e. The number of rotatable bonds is 10. The van der Waals surface area contributed by atoms with Crippen molar-refractivity contribution in [3.05, 3.63) is 0 Å². The fraction of sp³-hybridized carbons (Fsp3) is 0.889. The highest BCUT2D eigenvalue weighted by Gasteiger charge is 2.31. The number of nitrogens with two attached hydrogens (primary N) is 1. The van der Waals surface area contributed by atoms with Gasteiger partial charge < -0.3 is 37.4 Å². The van der Waals surface area contributed by atoms with Gasteiger partial charge in [-0.25, -0.2) is 0 Å². The van der Waals surface area contributed by atoms with Crippen LogP contribution in [0.4, 0.5) is 0 Å². The number of likely N-dealkylation sites (N-methyl/N-ethyl adjacent to an activating group) is 2. The van der Waals surface area contributed by atoms with Gasteiger partial charge in [0.1, 0.15) is 5.66 Å². The second-order valence-electron chi connectivity index (χ2n) is 7.55. The van der Waals surface area contributed by atoms with Crippen molar-refractivity contribution in [2.45, 2.75) is 37.5 Å². The van der Waals surface area contributed by atoms with Crippen LogP contribution in [0, 0.1) is 0 Å². The molecule has 0 aromatic rings. The molecule has 1 rings (SSSR count). The van der Waals surface area contributed by atoms with Crippen molar-refractivity contribution in [1.82, 2.24) is 37.2 Å². The molecule has 0 saturated carbocycles. The lowest BCUT2D eigenvalue weighted by Gasteiger charge is -2.38. The lowest BCUT2D eigenvalue weighted by molar-refractivity contribution is -0.137. The summed E-state index contributed by atoms with van der Waals surface area (Å²) in [5.74, 6) is -1.07. The number of carboxylic acids is 1. The van der Waals surface area contributed by atoms with Crippen LogP contribution in [0.15, 0.2) is 0 Å². The first-order valence-corrected chi connectivity index (χ1v) is 10.4. The van der Waals surface area contributed by atoms with Gasteiger partial charge in [-0.05, 0) is 20.0 Å². The van der Waals surface area contributed by atoms with Crippen molar-refractivity contribution in [1.29, 1.82) is 0 Å². The normalized spacial score (nSPS) is 26.9. The van der Waals surface area contributed by atoms with E-state index in [1.54, 1.807) is 0 Å². The number of amides is 1. The summed E-state index contributed by atoms with van der Waals surface area (Å²) < 4.78 is 0. The Bertz CT molecular complexity index is 496. The van der Waals surface area contributed by atoms with E-state index in [1.165, 1.54) is 0 Å². The second kappa shape index (κ2) is 13.8. The van der Waals surface area contributed by atoms with E-state index < -0.39 is 17.3 Å². The minimum absolute atomic E-state index is 0.0158. The smallest absolute Gasteiger partial charge is 0.303 e. The molecule has 1 heterocycles. The van der Waals surface area contributed by atoms with E-state index in [1.807, 2.05) is 14.0 Å². The van der Waals surface area contributed by atoms with Crippen LogP contribution in [0.5, 0.6) is 0 Å². The predicted octanol–water partition coefficient (Wildman–Crippen LogP) is -3.09. The van der Waals surface area contributed by atoms with E-state index in [0.29, 0.717) is 45.7 Å². The molecule has 1 fully saturated rings. The number of aliphatic carboxylic acids is 1. The van der Waals surface area contributed by atoms with E-state index in [9.17, 15) is 9.59 Å². The summed E-state index contributed by atoms with van der Waals surface area (Å²) in [5.41, 5.74) is 5.24. The fourth-order valence-electron chi connectivity index (χ4n) is 3.29. The van der Waals surface area contributed by atoms with Crippen LogP contribution in [-0.4, -0.2) is 94.3 Å². The van der Waals surface area contributed by atoms with Crippen LogP contribution < -0.4 is 43.0 Å². The van der Waals surface area contributed by atoms with Gasteiger partial charge in [-0.3, -0.25) is 20.2 Å². The Balaban J connectivity index is 2.72. The average Bonchev–Trinajstić information content (AvgIpc) is 2.65. The van der Waals surface area contributed by atoms with Crippen molar-refractivity contribution in [3.8, 4) is 0 Å². The van der Waals surface area contributed by atoms with Crippen LogP contribution in [0.2, 0.25) is 0 Å². The van der Waals surface area contributed by atoms with Crippen LogP contribution in [-0.2, 0) is 9.59 Å². The number of carbonyl (C=O) groups is 2. The van der Waals surface area contributed by atoms with Crippen LogP contribution in [0.1, 0.15) is 26.2 Å². The quantitative estimate of drug-likeness (QED) is 0.178. The molecule has 0 aromatic heterocycles. The summed E-state index contributed by atoms with van der Waals surface area (Å²) in [6, 6.07) is 0. The van der Waals surface area contributed by atoms with E-state index in [2.05, 4.69) is 37.2 Å². The van der Waals surface area contributed by atoms with Crippen LogP contribution in [0.25, 0.3) is 0 Å². The molecule has 0 unspecified atom stereocenters. The molecule has 170 valence electrons. The zero-order chi connectivity index (χ0) is 21.6. The fourth-order valence-corrected chi connectivity index (χ4v) is 3.29. The van der Waals surface area contributed by atoms with E-state index >= 15 is 0 Å². The van der Waals surface area contributed by atoms with Crippen molar-refractivity contribution < 1.29 is 14.7 Å². The Morgan fingerprint density at radius 3 is 2.38 bits per heavy atom. The van der Waals surface area contributed by atoms with Crippen molar-refractivity contribution in [2.75, 3.05) is 66.0 Å². The Kier molecular flexibility index (Phi) is 12.2. The Labute approximate surface area is 173 Å². The lowest BCUT2D eigenvalue weighted by atomic mass is 10.1. The second-order valence-corrected chi connectivity index (χ2v) is 7.55. The first kappa shape index (κ1) is 25.7. The lowest BCUT2D eigenvalue weighted by Crippen LogP contribution is -2.71. The molecule has 1 aliphatic rings. The highest BCUT2D eigenvalue weighted by Crippen LogP contribution is 2.03. The van der Waals surface area contributed by atoms with Gasteiger partial charge in [0.05, 0.1) is 5.66 Å². The van der Waals surface area contributed by atoms with Gasteiger partial charge in [-0.2, -0.15) is 0 Å². The van der Waals surface area contributed by atoms with E-state index in [4.69, 9.17) is 10.8 Å². The number of hydrogen-bond acceptors (Lipinski definition) is 9. The monoisotopic (exact) mass is 416 g/mol. The SMILES string of the molecule is CCNC[C@]1(N)CNCCNC[C@@](CNC)(NC(=O)CCCC(=O)O)NCCN1. The van der Waals surface area contributed by atoms with Gasteiger partial charge in [-0.1, -0.05) is 6.92 Å². The van der Waals surface area contributed by atoms with Crippen molar-refractivity contribution >= 4 is 11.9 Å². The molecule has 0 aliphatic carbocycles. The van der Waals surface area contributed by atoms with E-state index in [-0.39, 0.29) is 18.7 Å². The molecule has 0 spiro atoms. The molecule has 10 N–H and O–H groups in total. The third kappa shape index (κ3) is 10.8. The molecule has 0 aromatic carbocycles. The van der Waals surface area contributed by atoms with Crippen LogP contribution >= 0.6 is 0 Å². The summed E-state index contributed by atoms with van der Waals surface area (Å²) in [5, 5.41) is 31.8. The maximum Gasteiger partial charge on any atom is 0.303 e. The van der Waals surface area contributed by atoms with Gasteiger partial charge in [0, 0.05) is 65.2 Å². The van der Waals surface area contributed by atoms with Crippen molar-refractivity contribution in [3.63, 3.8) is 0 Å². The highest BCUT2D eigenvalue weighted by atomic mass is 16.4. The molecule has 11 heteroatoms. The molecule has 1 saturated heterocycles. The van der Waals surface area contributed by atoms with Gasteiger partial charge in [0.15, 0.2) is 0 Å². The standard InChI is InChI=1S/C18H40N8O3/c1-3-21-11-17(19)12-22-7-8-23-14-18(13-20-2,25-10-9-24-17)26-15(27)5-4-6-16(28)29/h20-25H,3-14,19H2,1-2H3,(H,26,27)(H,28,29)/t17-,18-/m1/s1. The maximum absolute atomic E-state index is 12.4. The average molecular weight is 417 g/mol. The van der Waals surface area contributed by atoms with Crippen molar-refractivity contribution in [2.24, 2.45) is 5.73 Å². The van der Waals surface area contributed by atoms with Crippen LogP contribution in [0.3, 0.4) is 0 Å². The topological polar surface area (TPSA) is 165 Å². The molecule has 11 nitrogen and oxygen atoms in total. The molecule has 1 amide bonds. The van der Waals surface area contributed by atoms with Gasteiger partial charge >= 0.3 is 5.97 Å². The summed E-state index contributed by atoms with van der Waals surface area (Å²) in [4.78, 5) is 23.1. The largest absolute Gasteiger partial charge is 0.481 e. The number of nitrogens with one attached hydrogen (secondary N) is 7. The molecule has 2 atom stereocenters. The molecule has 0 radical (unpaired) electrons. The van der Waals surface area contributed by atoms with Gasteiger partial charge in [-0.15, -0.1) is 0 Å². The van der Waals surface area contributed by atoms with Gasteiger partial charge in [0.25, 0.3) is 0 Å². The third-order valence-electron chi connectivity index (χ3n) is 4.75. The molecule has 29 heavy (non-hydrogen) atoms. The Morgan fingerprint density at radius 2 is 1.72 bits per heavy atom. The molecule has 1 aliphatic heterocycles. The zero-order valence-electron chi connectivity index (χ0n) is 17.8. The highest BCUT2D eigenvalue weighted by molar-refractivity contribution is 5.77. The zero-order valence-corrected chi connectivity index (χ0v) is 17.8. The Hall–Kier alpha value is -1.34. The Morgan fingerprint density at radius 1 is 1.03 bits per heavy atom. The minimum atomic E-state index is -0.894. The summed E-state index contributed by atoms with van der Waals surface area (Å²) >= 11 is 0. The molecule has 0 bridgehead atoms. The first-order valence-electron chi connectivity index (χ1n) is 10.4. The first-order chi connectivity index (χ1) is 13.8. The molecular formula is C18H40N8O3. The van der Waals surface area contributed by atoms with Gasteiger partial charge in [0.2, 0.25) is 5.91 Å². The predicted molar refractivity (Wildman–Crippen MR) is 113 cm³/mol. The number of hydrogen-bond donors (Lipinski definition) is 9. The number of carbonyl (C=O) groups excluding carboxylic acids is 1. The molecular weight excluding hydrogens is 376 g/mol. The summed E-state index contributed by atoms with van der Waals surface area (Å²) in [6.07, 6.45) is 0.474. The summed E-state index contributed by atoms with van der Waals surface area (Å²) in [6.45, 7) is 7.93. The number of carboxylic acid groups (broad SMARTS) is 1. The maximum atomic E-state index is 12.4. The van der Waals surface area contributed by atoms with E-state index in [0.717, 1.165) is 19.6 Å². The summed E-state index contributed by atoms with van der Waals surface area (Å²) in [7, 11) is 1.83. The third-order valence-corrected chi connectivity index (χ3v) is 4.75.